The third-order valence-corrected chi connectivity index (χ3v) is 5.05. The van der Waals surface area contributed by atoms with Gasteiger partial charge in [0.1, 0.15) is 17.6 Å². The average molecular weight is 430 g/mol. The summed E-state index contributed by atoms with van der Waals surface area (Å²) in [5.74, 6) is 1.55. The predicted octanol–water partition coefficient (Wildman–Crippen LogP) is 4.77. The Morgan fingerprint density at radius 1 is 0.900 bits per heavy atom. The van der Waals surface area contributed by atoms with Gasteiger partial charge in [-0.15, -0.1) is 0 Å². The van der Waals surface area contributed by atoms with Crippen LogP contribution in [0.25, 0.3) is 0 Å². The van der Waals surface area contributed by atoms with Crippen LogP contribution in [0.5, 0.6) is 23.0 Å². The zero-order valence-corrected chi connectivity index (χ0v) is 17.7. The Hall–Kier alpha value is -3.09. The van der Waals surface area contributed by atoms with Gasteiger partial charge in [0.15, 0.2) is 11.5 Å². The topological polar surface area (TPSA) is 80.2 Å². The third-order valence-electron chi connectivity index (χ3n) is 4.82. The van der Waals surface area contributed by atoms with E-state index in [1.807, 2.05) is 18.2 Å². The van der Waals surface area contributed by atoms with Crippen molar-refractivity contribution in [1.29, 1.82) is 0 Å². The Kier molecular flexibility index (Phi) is 6.92. The van der Waals surface area contributed by atoms with E-state index < -0.39 is 6.10 Å². The molecule has 0 saturated heterocycles. The van der Waals surface area contributed by atoms with Crippen LogP contribution < -0.4 is 19.5 Å². The summed E-state index contributed by atoms with van der Waals surface area (Å²) < 4.78 is 15.8. The zero-order valence-electron chi connectivity index (χ0n) is 17.0. The SMILES string of the molecule is COc1ccc(CNc2ccc(Cl)cc2C(O)c2cccc(OC)c2O)c(OC)c1. The molecule has 1 unspecified atom stereocenters. The Morgan fingerprint density at radius 2 is 1.67 bits per heavy atom. The number of phenols is 1. The molecule has 6 nitrogen and oxygen atoms in total. The molecule has 0 fully saturated rings. The Bertz CT molecular complexity index is 1020. The highest BCUT2D eigenvalue weighted by atomic mass is 35.5. The fraction of sp³-hybridized carbons (Fsp3) is 0.217. The highest BCUT2D eigenvalue weighted by Gasteiger charge is 2.21. The van der Waals surface area contributed by atoms with Gasteiger partial charge >= 0.3 is 0 Å². The molecule has 0 aliphatic rings. The van der Waals surface area contributed by atoms with E-state index in [0.717, 1.165) is 5.56 Å². The standard InChI is InChI=1S/C23H24ClNO5/c1-28-16-9-7-14(21(12-16)30-3)13-25-19-10-8-15(24)11-18(19)22(26)17-5-4-6-20(29-2)23(17)27/h4-12,22,25-27H,13H2,1-3H3. The van der Waals surface area contributed by atoms with Gasteiger partial charge in [0.25, 0.3) is 0 Å². The number of hydrogen-bond acceptors (Lipinski definition) is 6. The molecule has 7 heteroatoms. The van der Waals surface area contributed by atoms with E-state index >= 15 is 0 Å². The lowest BCUT2D eigenvalue weighted by atomic mass is 9.98. The number of aliphatic hydroxyl groups excluding tert-OH is 1. The molecule has 30 heavy (non-hydrogen) atoms. The first-order valence-electron chi connectivity index (χ1n) is 9.26. The van der Waals surface area contributed by atoms with Crippen molar-refractivity contribution in [3.05, 3.63) is 76.3 Å². The number of anilines is 1. The van der Waals surface area contributed by atoms with E-state index in [-0.39, 0.29) is 11.5 Å². The smallest absolute Gasteiger partial charge is 0.163 e. The monoisotopic (exact) mass is 429 g/mol. The Labute approximate surface area is 180 Å². The number of methoxy groups -OCH3 is 3. The van der Waals surface area contributed by atoms with Crippen LogP contribution >= 0.6 is 11.6 Å². The fourth-order valence-corrected chi connectivity index (χ4v) is 3.38. The average Bonchev–Trinajstić information content (AvgIpc) is 2.77. The Morgan fingerprint density at radius 3 is 2.37 bits per heavy atom. The molecule has 0 heterocycles. The van der Waals surface area contributed by atoms with E-state index in [0.29, 0.717) is 39.9 Å². The number of phenolic OH excluding ortho intramolecular Hbond substituents is 1. The molecule has 158 valence electrons. The number of halogens is 1. The van der Waals surface area contributed by atoms with Crippen molar-refractivity contribution in [1.82, 2.24) is 0 Å². The summed E-state index contributed by atoms with van der Waals surface area (Å²) in [6, 6.07) is 15.7. The number of aromatic hydroxyl groups is 1. The normalized spacial score (nSPS) is 11.6. The lowest BCUT2D eigenvalue weighted by Gasteiger charge is -2.20. The number of nitrogens with one attached hydrogen (secondary N) is 1. The summed E-state index contributed by atoms with van der Waals surface area (Å²) in [4.78, 5) is 0. The van der Waals surface area contributed by atoms with E-state index in [1.165, 1.54) is 7.11 Å². The summed E-state index contributed by atoms with van der Waals surface area (Å²) in [5.41, 5.74) is 2.44. The number of rotatable bonds is 8. The Balaban J connectivity index is 1.91. The van der Waals surface area contributed by atoms with Crippen LogP contribution in [0.4, 0.5) is 5.69 Å². The number of benzene rings is 3. The van der Waals surface area contributed by atoms with Gasteiger partial charge in [0, 0.05) is 40.0 Å². The molecular formula is C23H24ClNO5. The first-order valence-corrected chi connectivity index (χ1v) is 9.64. The number of ether oxygens (including phenoxy) is 3. The van der Waals surface area contributed by atoms with E-state index in [1.54, 1.807) is 50.6 Å². The van der Waals surface area contributed by atoms with Crippen LogP contribution in [-0.4, -0.2) is 31.5 Å². The summed E-state index contributed by atoms with van der Waals surface area (Å²) in [6.07, 6.45) is -1.11. The van der Waals surface area contributed by atoms with Crippen molar-refractivity contribution in [2.45, 2.75) is 12.6 Å². The molecule has 3 rings (SSSR count). The number of aliphatic hydroxyl groups is 1. The molecule has 3 aromatic rings. The summed E-state index contributed by atoms with van der Waals surface area (Å²) >= 11 is 6.18. The third kappa shape index (κ3) is 4.56. The predicted molar refractivity (Wildman–Crippen MR) is 117 cm³/mol. The molecular weight excluding hydrogens is 406 g/mol. The van der Waals surface area contributed by atoms with Gasteiger partial charge in [-0.05, 0) is 36.4 Å². The second-order valence-corrected chi connectivity index (χ2v) is 7.00. The second-order valence-electron chi connectivity index (χ2n) is 6.56. The van der Waals surface area contributed by atoms with Crippen LogP contribution in [0, 0.1) is 0 Å². The van der Waals surface area contributed by atoms with E-state index in [9.17, 15) is 10.2 Å². The van der Waals surface area contributed by atoms with Gasteiger partial charge in [-0.2, -0.15) is 0 Å². The van der Waals surface area contributed by atoms with Crippen molar-refractivity contribution < 1.29 is 24.4 Å². The van der Waals surface area contributed by atoms with Crippen LogP contribution in [0.15, 0.2) is 54.6 Å². The van der Waals surface area contributed by atoms with Gasteiger partial charge in [-0.3, -0.25) is 0 Å². The van der Waals surface area contributed by atoms with Gasteiger partial charge < -0.3 is 29.7 Å². The molecule has 1 atom stereocenters. The maximum absolute atomic E-state index is 11.0. The van der Waals surface area contributed by atoms with Gasteiger partial charge in [-0.25, -0.2) is 0 Å². The van der Waals surface area contributed by atoms with Crippen molar-refractivity contribution in [3.63, 3.8) is 0 Å². The van der Waals surface area contributed by atoms with Crippen LogP contribution in [0.2, 0.25) is 5.02 Å². The molecule has 0 spiro atoms. The fourth-order valence-electron chi connectivity index (χ4n) is 3.20. The molecule has 0 saturated carbocycles. The maximum Gasteiger partial charge on any atom is 0.163 e. The van der Waals surface area contributed by atoms with Gasteiger partial charge in [0.2, 0.25) is 0 Å². The molecule has 0 bridgehead atoms. The van der Waals surface area contributed by atoms with E-state index in [2.05, 4.69) is 5.32 Å². The van der Waals surface area contributed by atoms with Gasteiger partial charge in [0.05, 0.1) is 21.3 Å². The maximum atomic E-state index is 11.0. The first-order chi connectivity index (χ1) is 14.5. The summed E-state index contributed by atoms with van der Waals surface area (Å²) in [5, 5.41) is 25.2. The molecule has 0 amide bonds. The van der Waals surface area contributed by atoms with Crippen molar-refractivity contribution in [3.8, 4) is 23.0 Å². The molecule has 0 aromatic heterocycles. The largest absolute Gasteiger partial charge is 0.504 e. The lowest BCUT2D eigenvalue weighted by Crippen LogP contribution is -2.08. The first kappa shape index (κ1) is 21.6. The molecule has 0 aliphatic heterocycles. The number of hydrogen-bond donors (Lipinski definition) is 3. The van der Waals surface area contributed by atoms with Crippen LogP contribution in [0.1, 0.15) is 22.8 Å². The van der Waals surface area contributed by atoms with Gasteiger partial charge in [-0.1, -0.05) is 23.7 Å². The summed E-state index contributed by atoms with van der Waals surface area (Å²) in [6.45, 7) is 0.443. The zero-order chi connectivity index (χ0) is 21.7. The number of para-hydroxylation sites is 1. The second kappa shape index (κ2) is 9.61. The summed E-state index contributed by atoms with van der Waals surface area (Å²) in [7, 11) is 4.66. The van der Waals surface area contributed by atoms with Crippen molar-refractivity contribution in [2.24, 2.45) is 0 Å². The highest BCUT2D eigenvalue weighted by Crippen LogP contribution is 2.39. The quantitative estimate of drug-likeness (QED) is 0.479. The molecule has 3 N–H and O–H groups in total. The minimum Gasteiger partial charge on any atom is -0.504 e. The lowest BCUT2D eigenvalue weighted by molar-refractivity contribution is 0.214. The van der Waals surface area contributed by atoms with Crippen LogP contribution in [-0.2, 0) is 6.54 Å². The molecule has 0 aliphatic carbocycles. The molecule has 0 radical (unpaired) electrons. The minimum atomic E-state index is -1.11. The van der Waals surface area contributed by atoms with Crippen LogP contribution in [0.3, 0.4) is 0 Å². The van der Waals surface area contributed by atoms with E-state index in [4.69, 9.17) is 25.8 Å². The van der Waals surface area contributed by atoms with Crippen molar-refractivity contribution >= 4 is 17.3 Å². The molecule has 3 aromatic carbocycles. The van der Waals surface area contributed by atoms with Crippen molar-refractivity contribution in [2.75, 3.05) is 26.6 Å². The minimum absolute atomic E-state index is 0.116. The highest BCUT2D eigenvalue weighted by molar-refractivity contribution is 6.30.